The van der Waals surface area contributed by atoms with Gasteiger partial charge in [-0.25, -0.2) is 0 Å². The third-order valence-electron chi connectivity index (χ3n) is 4.38. The van der Waals surface area contributed by atoms with Crippen LogP contribution in [0.15, 0.2) is 0 Å². The lowest BCUT2D eigenvalue weighted by Crippen LogP contribution is -2.56. The Morgan fingerprint density at radius 2 is 1.95 bits per heavy atom. The van der Waals surface area contributed by atoms with Crippen molar-refractivity contribution in [1.82, 2.24) is 0 Å². The Hall–Kier alpha value is -0.420. The average Bonchev–Trinajstić information content (AvgIpc) is 2.47. The zero-order chi connectivity index (χ0) is 15.5. The van der Waals surface area contributed by atoms with Gasteiger partial charge in [-0.15, -0.1) is 0 Å². The SMILES string of the molecule is CCOP(=O)(OCC)C1C[C@]2(OC)CCCC[C@@H]2OC1=O. The van der Waals surface area contributed by atoms with Crippen molar-refractivity contribution in [3.05, 3.63) is 0 Å². The highest BCUT2D eigenvalue weighted by Gasteiger charge is 2.56. The van der Waals surface area contributed by atoms with Crippen molar-refractivity contribution in [2.75, 3.05) is 20.3 Å². The minimum absolute atomic E-state index is 0.227. The summed E-state index contributed by atoms with van der Waals surface area (Å²) in [5.41, 5.74) is -1.45. The zero-order valence-corrected chi connectivity index (χ0v) is 13.9. The van der Waals surface area contributed by atoms with Crippen molar-refractivity contribution < 1.29 is 27.9 Å². The molecular formula is C14H25O6P. The van der Waals surface area contributed by atoms with E-state index < -0.39 is 24.8 Å². The molecule has 1 saturated heterocycles. The second-order valence-electron chi connectivity index (χ2n) is 5.54. The van der Waals surface area contributed by atoms with Gasteiger partial charge in [-0.3, -0.25) is 9.36 Å². The Bertz CT molecular complexity index is 416. The Morgan fingerprint density at radius 3 is 2.52 bits per heavy atom. The van der Waals surface area contributed by atoms with Gasteiger partial charge < -0.3 is 18.5 Å². The second-order valence-corrected chi connectivity index (χ2v) is 7.75. The van der Waals surface area contributed by atoms with Crippen LogP contribution in [0, 0.1) is 0 Å². The van der Waals surface area contributed by atoms with Crippen molar-refractivity contribution in [3.63, 3.8) is 0 Å². The molecule has 1 aliphatic heterocycles. The fourth-order valence-corrected chi connectivity index (χ4v) is 5.35. The third-order valence-corrected chi connectivity index (χ3v) is 6.77. The lowest BCUT2D eigenvalue weighted by Gasteiger charge is -2.47. The summed E-state index contributed by atoms with van der Waals surface area (Å²) in [5.74, 6) is -0.486. The Kier molecular flexibility index (Phi) is 5.47. The van der Waals surface area contributed by atoms with Crippen molar-refractivity contribution in [2.45, 2.75) is 63.3 Å². The summed E-state index contributed by atoms with van der Waals surface area (Å²) < 4.78 is 34.8. The summed E-state index contributed by atoms with van der Waals surface area (Å²) in [7, 11) is -1.90. The first-order valence-electron chi connectivity index (χ1n) is 7.65. The molecule has 0 aromatic heterocycles. The van der Waals surface area contributed by atoms with Gasteiger partial charge >= 0.3 is 13.6 Å². The zero-order valence-electron chi connectivity index (χ0n) is 13.0. The summed E-state index contributed by atoms with van der Waals surface area (Å²) in [6, 6.07) is 0. The van der Waals surface area contributed by atoms with Crippen LogP contribution in [0.4, 0.5) is 0 Å². The summed E-state index contributed by atoms with van der Waals surface area (Å²) in [4.78, 5) is 12.3. The quantitative estimate of drug-likeness (QED) is 0.553. The number of carbonyl (C=O) groups excluding carboxylic acids is 1. The smallest absolute Gasteiger partial charge is 0.344 e. The normalized spacial score (nSPS) is 33.4. The number of ether oxygens (including phenoxy) is 2. The molecule has 2 rings (SSSR count). The molecule has 2 aliphatic rings. The van der Waals surface area contributed by atoms with E-state index in [-0.39, 0.29) is 19.3 Å². The van der Waals surface area contributed by atoms with Crippen LogP contribution < -0.4 is 0 Å². The Balaban J connectivity index is 2.27. The number of carbonyl (C=O) groups is 1. The number of hydrogen-bond acceptors (Lipinski definition) is 6. The van der Waals surface area contributed by atoms with E-state index in [1.54, 1.807) is 21.0 Å². The van der Waals surface area contributed by atoms with E-state index >= 15 is 0 Å². The van der Waals surface area contributed by atoms with Crippen LogP contribution >= 0.6 is 7.60 Å². The third kappa shape index (κ3) is 3.19. The van der Waals surface area contributed by atoms with Crippen LogP contribution in [-0.4, -0.2) is 43.7 Å². The predicted octanol–water partition coefficient (Wildman–Crippen LogP) is 2.90. The standard InChI is InChI=1S/C14H25O6P/c1-4-18-21(16,19-5-2)11-10-14(17-3)9-7-6-8-12(14)20-13(11)15/h11-12H,4-10H2,1-3H3/t11?,12-,14+/m0/s1. The molecule has 6 nitrogen and oxygen atoms in total. The van der Waals surface area contributed by atoms with Gasteiger partial charge in [0.1, 0.15) is 11.7 Å². The maximum absolute atomic E-state index is 12.9. The fraction of sp³-hybridized carbons (Fsp3) is 0.929. The molecular weight excluding hydrogens is 295 g/mol. The first kappa shape index (κ1) is 16.9. The van der Waals surface area contributed by atoms with E-state index in [4.69, 9.17) is 18.5 Å². The van der Waals surface area contributed by atoms with Crippen LogP contribution in [0.2, 0.25) is 0 Å². The van der Waals surface area contributed by atoms with E-state index in [9.17, 15) is 9.36 Å². The highest BCUT2D eigenvalue weighted by molar-refractivity contribution is 7.55. The summed E-state index contributed by atoms with van der Waals surface area (Å²) in [5, 5.41) is 0. The highest BCUT2D eigenvalue weighted by Crippen LogP contribution is 2.58. The van der Waals surface area contributed by atoms with Gasteiger partial charge in [-0.2, -0.15) is 0 Å². The van der Waals surface area contributed by atoms with E-state index in [2.05, 4.69) is 0 Å². The summed E-state index contributed by atoms with van der Waals surface area (Å²) in [6.45, 7) is 3.92. The monoisotopic (exact) mass is 320 g/mol. The van der Waals surface area contributed by atoms with Gasteiger partial charge in [-0.05, 0) is 33.1 Å². The van der Waals surface area contributed by atoms with Gasteiger partial charge in [0.05, 0.1) is 13.2 Å². The van der Waals surface area contributed by atoms with Gasteiger partial charge in [0.15, 0.2) is 5.66 Å². The minimum atomic E-state index is -3.52. The molecule has 3 atom stereocenters. The summed E-state index contributed by atoms with van der Waals surface area (Å²) >= 11 is 0. The average molecular weight is 320 g/mol. The topological polar surface area (TPSA) is 71.1 Å². The molecule has 122 valence electrons. The Morgan fingerprint density at radius 1 is 1.29 bits per heavy atom. The van der Waals surface area contributed by atoms with Gasteiger partial charge in [-0.1, -0.05) is 6.42 Å². The fourth-order valence-electron chi connectivity index (χ4n) is 3.34. The molecule has 0 bridgehead atoms. The van der Waals surface area contributed by atoms with Crippen molar-refractivity contribution in [3.8, 4) is 0 Å². The van der Waals surface area contributed by atoms with Gasteiger partial charge in [0, 0.05) is 13.5 Å². The molecule has 2 fully saturated rings. The number of methoxy groups -OCH3 is 1. The molecule has 0 radical (unpaired) electrons. The summed E-state index contributed by atoms with van der Waals surface area (Å²) in [6.07, 6.45) is 3.71. The molecule has 0 N–H and O–H groups in total. The molecule has 21 heavy (non-hydrogen) atoms. The van der Waals surface area contributed by atoms with Crippen molar-refractivity contribution in [2.24, 2.45) is 0 Å². The van der Waals surface area contributed by atoms with Gasteiger partial charge in [0.2, 0.25) is 0 Å². The molecule has 0 aromatic carbocycles. The largest absolute Gasteiger partial charge is 0.459 e. The number of fused-ring (bicyclic) bond motifs is 1. The highest BCUT2D eigenvalue weighted by atomic mass is 31.2. The lowest BCUT2D eigenvalue weighted by atomic mass is 9.77. The molecule has 0 amide bonds. The maximum atomic E-state index is 12.9. The first-order chi connectivity index (χ1) is 10.0. The molecule has 1 aliphatic carbocycles. The molecule has 7 heteroatoms. The number of rotatable bonds is 6. The minimum Gasteiger partial charge on any atom is -0.459 e. The van der Waals surface area contributed by atoms with E-state index in [0.29, 0.717) is 6.42 Å². The van der Waals surface area contributed by atoms with Crippen LogP contribution in [0.1, 0.15) is 46.0 Å². The van der Waals surface area contributed by atoms with E-state index in [1.165, 1.54) is 0 Å². The van der Waals surface area contributed by atoms with Crippen LogP contribution in [-0.2, 0) is 27.9 Å². The van der Waals surface area contributed by atoms with Crippen LogP contribution in [0.3, 0.4) is 0 Å². The number of esters is 1. The van der Waals surface area contributed by atoms with E-state index in [0.717, 1.165) is 25.7 Å². The molecule has 1 saturated carbocycles. The lowest BCUT2D eigenvalue weighted by molar-refractivity contribution is -0.195. The Labute approximate surface area is 126 Å². The second kappa shape index (κ2) is 6.78. The number of hydrogen-bond donors (Lipinski definition) is 0. The van der Waals surface area contributed by atoms with E-state index in [1.807, 2.05) is 0 Å². The van der Waals surface area contributed by atoms with Crippen LogP contribution in [0.25, 0.3) is 0 Å². The predicted molar refractivity (Wildman–Crippen MR) is 77.4 cm³/mol. The van der Waals surface area contributed by atoms with Gasteiger partial charge in [0.25, 0.3) is 0 Å². The maximum Gasteiger partial charge on any atom is 0.344 e. The molecule has 1 heterocycles. The molecule has 0 spiro atoms. The first-order valence-corrected chi connectivity index (χ1v) is 9.27. The molecule has 1 unspecified atom stereocenters. The van der Waals surface area contributed by atoms with Crippen LogP contribution in [0.5, 0.6) is 0 Å². The van der Waals surface area contributed by atoms with Crippen molar-refractivity contribution in [1.29, 1.82) is 0 Å². The van der Waals surface area contributed by atoms with Crippen molar-refractivity contribution >= 4 is 13.6 Å². The molecule has 0 aromatic rings.